The summed E-state index contributed by atoms with van der Waals surface area (Å²) in [5.41, 5.74) is 1.03. The molecule has 3 nitrogen and oxygen atoms in total. The minimum Gasteiger partial charge on any atom is -0.295 e. The van der Waals surface area contributed by atoms with Crippen molar-refractivity contribution in [1.82, 2.24) is 0 Å². The summed E-state index contributed by atoms with van der Waals surface area (Å²) in [6.07, 6.45) is 13.0. The number of hydrogen-bond acceptors (Lipinski definition) is 3. The van der Waals surface area contributed by atoms with Gasteiger partial charge in [0.2, 0.25) is 0 Å². The molecule has 78 valence electrons. The van der Waals surface area contributed by atoms with Crippen LogP contribution in [0.1, 0.15) is 25.7 Å². The zero-order valence-corrected chi connectivity index (χ0v) is 8.60. The SMILES string of the molecule is O=C1C=CC(N=NC2=CC=CCC2)CC1. The van der Waals surface area contributed by atoms with Gasteiger partial charge in [-0.2, -0.15) is 10.2 Å². The van der Waals surface area contributed by atoms with Crippen LogP contribution in [0.4, 0.5) is 0 Å². The second-order valence-corrected chi connectivity index (χ2v) is 3.77. The van der Waals surface area contributed by atoms with Crippen molar-refractivity contribution in [3.8, 4) is 0 Å². The number of nitrogens with zero attached hydrogens (tertiary/aromatic N) is 2. The van der Waals surface area contributed by atoms with E-state index in [1.807, 2.05) is 18.2 Å². The van der Waals surface area contributed by atoms with E-state index < -0.39 is 0 Å². The quantitative estimate of drug-likeness (QED) is 0.635. The van der Waals surface area contributed by atoms with Gasteiger partial charge in [0.05, 0.1) is 11.7 Å². The first kappa shape index (κ1) is 10.0. The van der Waals surface area contributed by atoms with Crippen LogP contribution in [0.5, 0.6) is 0 Å². The van der Waals surface area contributed by atoms with Gasteiger partial charge in [0.25, 0.3) is 0 Å². The van der Waals surface area contributed by atoms with E-state index >= 15 is 0 Å². The first-order chi connectivity index (χ1) is 7.34. The van der Waals surface area contributed by atoms with E-state index in [0.717, 1.165) is 25.0 Å². The zero-order valence-electron chi connectivity index (χ0n) is 8.60. The Labute approximate surface area is 89.3 Å². The molecule has 0 aromatic carbocycles. The molecule has 0 spiro atoms. The Morgan fingerprint density at radius 1 is 1.33 bits per heavy atom. The van der Waals surface area contributed by atoms with Gasteiger partial charge >= 0.3 is 0 Å². The maximum absolute atomic E-state index is 10.9. The highest BCUT2D eigenvalue weighted by atomic mass is 16.1. The second kappa shape index (κ2) is 4.82. The van der Waals surface area contributed by atoms with Crippen molar-refractivity contribution in [2.24, 2.45) is 10.2 Å². The molecule has 0 aromatic heterocycles. The Hall–Kier alpha value is -1.51. The molecule has 3 heteroatoms. The standard InChI is InChI=1S/C12H14N2O/c15-12-8-6-11(7-9-12)14-13-10-4-2-1-3-5-10/h1-2,4,6,8,11H,3,5,7,9H2. The number of rotatable bonds is 2. The van der Waals surface area contributed by atoms with Crippen molar-refractivity contribution in [2.75, 3.05) is 0 Å². The van der Waals surface area contributed by atoms with Gasteiger partial charge in [-0.1, -0.05) is 18.2 Å². The Balaban J connectivity index is 1.94. The van der Waals surface area contributed by atoms with E-state index in [-0.39, 0.29) is 11.8 Å². The van der Waals surface area contributed by atoms with E-state index in [2.05, 4.69) is 16.3 Å². The van der Waals surface area contributed by atoms with Crippen LogP contribution in [0, 0.1) is 0 Å². The third-order valence-corrected chi connectivity index (χ3v) is 2.52. The maximum Gasteiger partial charge on any atom is 0.155 e. The van der Waals surface area contributed by atoms with Gasteiger partial charge in [0.1, 0.15) is 0 Å². The van der Waals surface area contributed by atoms with E-state index in [9.17, 15) is 4.79 Å². The van der Waals surface area contributed by atoms with E-state index in [4.69, 9.17) is 0 Å². The first-order valence-corrected chi connectivity index (χ1v) is 5.32. The lowest BCUT2D eigenvalue weighted by atomic mass is 10.0. The number of carbonyl (C=O) groups excluding carboxylic acids is 1. The fraction of sp³-hybridized carbons (Fsp3) is 0.417. The number of allylic oxidation sites excluding steroid dienone is 5. The van der Waals surface area contributed by atoms with Crippen molar-refractivity contribution in [2.45, 2.75) is 31.7 Å². The normalized spacial score (nSPS) is 26.0. The highest BCUT2D eigenvalue weighted by Gasteiger charge is 2.11. The van der Waals surface area contributed by atoms with Crippen LogP contribution in [0.15, 0.2) is 46.3 Å². The summed E-state index contributed by atoms with van der Waals surface area (Å²) in [7, 11) is 0. The molecule has 0 fully saturated rings. The molecular formula is C12H14N2O. The van der Waals surface area contributed by atoms with Gasteiger partial charge < -0.3 is 0 Å². The summed E-state index contributed by atoms with van der Waals surface area (Å²) in [4.78, 5) is 10.9. The number of ketones is 1. The average Bonchev–Trinajstić information content (AvgIpc) is 2.30. The molecule has 0 saturated heterocycles. The molecule has 0 bridgehead atoms. The topological polar surface area (TPSA) is 41.8 Å². The maximum atomic E-state index is 10.9. The van der Waals surface area contributed by atoms with Crippen molar-refractivity contribution in [3.05, 3.63) is 36.1 Å². The Morgan fingerprint density at radius 2 is 2.27 bits per heavy atom. The Morgan fingerprint density at radius 3 is 2.93 bits per heavy atom. The van der Waals surface area contributed by atoms with Crippen molar-refractivity contribution in [3.63, 3.8) is 0 Å². The highest BCUT2D eigenvalue weighted by Crippen LogP contribution is 2.16. The second-order valence-electron chi connectivity index (χ2n) is 3.77. The fourth-order valence-corrected chi connectivity index (χ4v) is 1.61. The predicted molar refractivity (Wildman–Crippen MR) is 58.5 cm³/mol. The van der Waals surface area contributed by atoms with Gasteiger partial charge in [-0.25, -0.2) is 0 Å². The van der Waals surface area contributed by atoms with Gasteiger partial charge in [0.15, 0.2) is 5.78 Å². The molecular weight excluding hydrogens is 188 g/mol. The zero-order chi connectivity index (χ0) is 10.5. The van der Waals surface area contributed by atoms with Crippen LogP contribution in [0.25, 0.3) is 0 Å². The molecule has 2 rings (SSSR count). The van der Waals surface area contributed by atoms with Crippen LogP contribution < -0.4 is 0 Å². The van der Waals surface area contributed by atoms with Gasteiger partial charge in [0, 0.05) is 6.42 Å². The van der Waals surface area contributed by atoms with Crippen LogP contribution in [0.2, 0.25) is 0 Å². The molecule has 0 radical (unpaired) electrons. The van der Waals surface area contributed by atoms with Crippen molar-refractivity contribution < 1.29 is 4.79 Å². The van der Waals surface area contributed by atoms with Gasteiger partial charge in [-0.15, -0.1) is 0 Å². The van der Waals surface area contributed by atoms with Gasteiger partial charge in [-0.05, 0) is 31.4 Å². The number of hydrogen-bond donors (Lipinski definition) is 0. The summed E-state index contributed by atoms with van der Waals surface area (Å²) in [5.74, 6) is 0.196. The molecule has 1 atom stereocenters. The molecule has 0 heterocycles. The summed E-state index contributed by atoms with van der Waals surface area (Å²) in [5, 5.41) is 8.43. The van der Waals surface area contributed by atoms with Crippen LogP contribution >= 0.6 is 0 Å². The predicted octanol–water partition coefficient (Wildman–Crippen LogP) is 2.96. The van der Waals surface area contributed by atoms with Crippen LogP contribution in [-0.4, -0.2) is 11.8 Å². The van der Waals surface area contributed by atoms with Gasteiger partial charge in [-0.3, -0.25) is 4.79 Å². The van der Waals surface area contributed by atoms with Crippen molar-refractivity contribution >= 4 is 5.78 Å². The van der Waals surface area contributed by atoms with Crippen molar-refractivity contribution in [1.29, 1.82) is 0 Å². The Bertz CT molecular complexity index is 364. The third kappa shape index (κ3) is 2.98. The smallest absolute Gasteiger partial charge is 0.155 e. The number of carbonyl (C=O) groups is 1. The van der Waals surface area contributed by atoms with E-state index in [0.29, 0.717) is 6.42 Å². The lowest BCUT2D eigenvalue weighted by molar-refractivity contribution is -0.115. The van der Waals surface area contributed by atoms with E-state index in [1.54, 1.807) is 6.08 Å². The summed E-state index contributed by atoms with van der Waals surface area (Å²) < 4.78 is 0. The minimum atomic E-state index is 0.0921. The third-order valence-electron chi connectivity index (χ3n) is 2.52. The Kier molecular flexibility index (Phi) is 3.22. The molecule has 15 heavy (non-hydrogen) atoms. The lowest BCUT2D eigenvalue weighted by Crippen LogP contribution is -2.09. The minimum absolute atomic E-state index is 0.0921. The molecule has 0 saturated carbocycles. The average molecular weight is 202 g/mol. The van der Waals surface area contributed by atoms with E-state index in [1.165, 1.54) is 0 Å². The summed E-state index contributed by atoms with van der Waals surface area (Å²) in [6.45, 7) is 0. The monoisotopic (exact) mass is 202 g/mol. The fourth-order valence-electron chi connectivity index (χ4n) is 1.61. The number of azo groups is 1. The molecule has 2 aliphatic rings. The largest absolute Gasteiger partial charge is 0.295 e. The molecule has 0 N–H and O–H groups in total. The van der Waals surface area contributed by atoms with Crippen LogP contribution in [-0.2, 0) is 4.79 Å². The molecule has 1 unspecified atom stereocenters. The molecule has 0 aliphatic heterocycles. The molecule has 0 amide bonds. The summed E-state index contributed by atoms with van der Waals surface area (Å²) >= 11 is 0. The summed E-state index contributed by atoms with van der Waals surface area (Å²) in [6, 6.07) is 0.0921. The molecule has 0 aromatic rings. The molecule has 2 aliphatic carbocycles. The first-order valence-electron chi connectivity index (χ1n) is 5.32. The lowest BCUT2D eigenvalue weighted by Gasteiger charge is -2.10. The van der Waals surface area contributed by atoms with Crippen LogP contribution in [0.3, 0.4) is 0 Å². The highest BCUT2D eigenvalue weighted by molar-refractivity contribution is 5.90.